The molecule has 0 atom stereocenters. The molecular weight excluding hydrogens is 342 g/mol. The van der Waals surface area contributed by atoms with Crippen molar-refractivity contribution >= 4 is 44.8 Å². The molecule has 0 radical (unpaired) electrons. The van der Waals surface area contributed by atoms with Crippen LogP contribution in [0.2, 0.25) is 5.02 Å². The maximum Gasteiger partial charge on any atom is 0.257 e. The molecule has 0 saturated carbocycles. The Balaban J connectivity index is 2.26. The maximum absolute atomic E-state index is 12.1. The van der Waals surface area contributed by atoms with Gasteiger partial charge in [-0.2, -0.15) is 5.26 Å². The summed E-state index contributed by atoms with van der Waals surface area (Å²) in [4.78, 5) is 12.1. The fraction of sp³-hybridized carbons (Fsp3) is 0. The summed E-state index contributed by atoms with van der Waals surface area (Å²) in [5.41, 5.74) is 7.31. The van der Waals surface area contributed by atoms with Crippen molar-refractivity contribution < 1.29 is 4.79 Å². The maximum atomic E-state index is 12.1. The van der Waals surface area contributed by atoms with Gasteiger partial charge in [-0.1, -0.05) is 27.5 Å². The number of nitrogens with zero attached hydrogens (tertiary/aromatic N) is 1. The standard InChI is InChI=1S/C14H9BrClN3O/c15-9-1-3-11(13(18)6-9)14(20)19-10-2-4-12(16)8(5-10)7-17/h1-6H,18H2,(H,19,20). The molecule has 0 aliphatic heterocycles. The summed E-state index contributed by atoms with van der Waals surface area (Å²) < 4.78 is 0.796. The quantitative estimate of drug-likeness (QED) is 0.808. The third kappa shape index (κ3) is 3.10. The predicted octanol–water partition coefficient (Wildman–Crippen LogP) is 3.81. The van der Waals surface area contributed by atoms with Crippen LogP contribution >= 0.6 is 27.5 Å². The first-order chi connectivity index (χ1) is 9.51. The van der Waals surface area contributed by atoms with Crippen molar-refractivity contribution in [2.45, 2.75) is 0 Å². The first-order valence-electron chi connectivity index (χ1n) is 5.57. The lowest BCUT2D eigenvalue weighted by atomic mass is 10.1. The van der Waals surface area contributed by atoms with Crippen molar-refractivity contribution in [3.8, 4) is 6.07 Å². The lowest BCUT2D eigenvalue weighted by molar-refractivity contribution is 0.102. The SMILES string of the molecule is N#Cc1cc(NC(=O)c2ccc(Br)cc2N)ccc1Cl. The van der Waals surface area contributed by atoms with Gasteiger partial charge in [0.15, 0.2) is 0 Å². The summed E-state index contributed by atoms with van der Waals surface area (Å²) in [5, 5.41) is 11.9. The van der Waals surface area contributed by atoms with Crippen LogP contribution in [0.1, 0.15) is 15.9 Å². The van der Waals surface area contributed by atoms with Crippen LogP contribution in [0.5, 0.6) is 0 Å². The molecule has 6 heteroatoms. The Kier molecular flexibility index (Phi) is 4.28. The molecular formula is C14H9BrClN3O. The Morgan fingerprint density at radius 1 is 1.30 bits per heavy atom. The van der Waals surface area contributed by atoms with Gasteiger partial charge >= 0.3 is 0 Å². The molecule has 1 amide bonds. The third-order valence-corrected chi connectivity index (χ3v) is 3.43. The summed E-state index contributed by atoms with van der Waals surface area (Å²) in [7, 11) is 0. The molecule has 100 valence electrons. The minimum Gasteiger partial charge on any atom is -0.398 e. The zero-order chi connectivity index (χ0) is 14.7. The van der Waals surface area contributed by atoms with E-state index in [0.29, 0.717) is 27.5 Å². The predicted molar refractivity (Wildman–Crippen MR) is 82.7 cm³/mol. The number of nitrogens with one attached hydrogen (secondary N) is 1. The van der Waals surface area contributed by atoms with Gasteiger partial charge < -0.3 is 11.1 Å². The van der Waals surface area contributed by atoms with E-state index in [4.69, 9.17) is 22.6 Å². The molecule has 2 aromatic rings. The van der Waals surface area contributed by atoms with E-state index >= 15 is 0 Å². The van der Waals surface area contributed by atoms with Crippen molar-refractivity contribution in [1.29, 1.82) is 5.26 Å². The minimum atomic E-state index is -0.346. The highest BCUT2D eigenvalue weighted by atomic mass is 79.9. The van der Waals surface area contributed by atoms with Crippen LogP contribution in [0, 0.1) is 11.3 Å². The zero-order valence-electron chi connectivity index (χ0n) is 10.2. The molecule has 0 spiro atoms. The number of nitrogens with two attached hydrogens (primary N) is 1. The summed E-state index contributed by atoms with van der Waals surface area (Å²) >= 11 is 9.11. The number of carbonyl (C=O) groups excluding carboxylic acids is 1. The second-order valence-corrected chi connectivity index (χ2v) is 5.32. The molecule has 0 bridgehead atoms. The highest BCUT2D eigenvalue weighted by Gasteiger charge is 2.11. The number of amides is 1. The second kappa shape index (κ2) is 5.95. The van der Waals surface area contributed by atoms with E-state index < -0.39 is 0 Å². The van der Waals surface area contributed by atoms with Crippen molar-refractivity contribution in [1.82, 2.24) is 0 Å². The minimum absolute atomic E-state index is 0.299. The van der Waals surface area contributed by atoms with Crippen LogP contribution in [-0.2, 0) is 0 Å². The fourth-order valence-corrected chi connectivity index (χ4v) is 2.17. The molecule has 20 heavy (non-hydrogen) atoms. The van der Waals surface area contributed by atoms with E-state index in [2.05, 4.69) is 21.2 Å². The fourth-order valence-electron chi connectivity index (χ4n) is 1.63. The van der Waals surface area contributed by atoms with E-state index in [1.807, 2.05) is 6.07 Å². The number of nitrogen functional groups attached to an aromatic ring is 1. The van der Waals surface area contributed by atoms with Crippen LogP contribution in [-0.4, -0.2) is 5.91 Å². The van der Waals surface area contributed by atoms with Gasteiger partial charge in [0.2, 0.25) is 0 Å². The van der Waals surface area contributed by atoms with Gasteiger partial charge in [0.05, 0.1) is 16.1 Å². The summed E-state index contributed by atoms with van der Waals surface area (Å²) in [6, 6.07) is 11.6. The Labute approximate surface area is 129 Å². The van der Waals surface area contributed by atoms with E-state index in [9.17, 15) is 4.79 Å². The summed E-state index contributed by atoms with van der Waals surface area (Å²) in [6.07, 6.45) is 0. The number of halogens is 2. The second-order valence-electron chi connectivity index (χ2n) is 3.99. The normalized spacial score (nSPS) is 9.85. The molecule has 0 aromatic heterocycles. The zero-order valence-corrected chi connectivity index (χ0v) is 12.5. The Bertz CT molecular complexity index is 725. The molecule has 2 aromatic carbocycles. The highest BCUT2D eigenvalue weighted by Crippen LogP contribution is 2.22. The molecule has 4 nitrogen and oxygen atoms in total. The number of benzene rings is 2. The van der Waals surface area contributed by atoms with Gasteiger partial charge in [0.1, 0.15) is 6.07 Å². The molecule has 2 rings (SSSR count). The van der Waals surface area contributed by atoms with E-state index in [0.717, 1.165) is 4.47 Å². The van der Waals surface area contributed by atoms with Crippen LogP contribution in [0.15, 0.2) is 40.9 Å². The van der Waals surface area contributed by atoms with Gasteiger partial charge in [-0.15, -0.1) is 0 Å². The molecule has 0 aliphatic rings. The Morgan fingerprint density at radius 2 is 2.05 bits per heavy atom. The Hall–Kier alpha value is -2.03. The summed E-state index contributed by atoms with van der Waals surface area (Å²) in [5.74, 6) is -0.346. The number of anilines is 2. The van der Waals surface area contributed by atoms with Crippen LogP contribution in [0.25, 0.3) is 0 Å². The van der Waals surface area contributed by atoms with Crippen LogP contribution < -0.4 is 11.1 Å². The van der Waals surface area contributed by atoms with Gasteiger partial charge in [0, 0.05) is 15.8 Å². The van der Waals surface area contributed by atoms with Gasteiger partial charge in [0.25, 0.3) is 5.91 Å². The Morgan fingerprint density at radius 3 is 2.70 bits per heavy atom. The lowest BCUT2D eigenvalue weighted by Crippen LogP contribution is -2.14. The van der Waals surface area contributed by atoms with Crippen LogP contribution in [0.3, 0.4) is 0 Å². The number of rotatable bonds is 2. The van der Waals surface area contributed by atoms with E-state index in [1.165, 1.54) is 6.07 Å². The van der Waals surface area contributed by atoms with Crippen LogP contribution in [0.4, 0.5) is 11.4 Å². The molecule has 0 saturated heterocycles. The molecule has 0 heterocycles. The molecule has 3 N–H and O–H groups in total. The van der Waals surface area contributed by atoms with E-state index in [-0.39, 0.29) is 5.91 Å². The largest absolute Gasteiger partial charge is 0.398 e. The number of hydrogen-bond donors (Lipinski definition) is 2. The topological polar surface area (TPSA) is 78.9 Å². The van der Waals surface area contributed by atoms with Crippen molar-refractivity contribution in [2.75, 3.05) is 11.1 Å². The van der Waals surface area contributed by atoms with Gasteiger partial charge in [-0.25, -0.2) is 0 Å². The van der Waals surface area contributed by atoms with Crippen molar-refractivity contribution in [3.63, 3.8) is 0 Å². The summed E-state index contributed by atoms with van der Waals surface area (Å²) in [6.45, 7) is 0. The van der Waals surface area contributed by atoms with E-state index in [1.54, 1.807) is 30.3 Å². The number of nitriles is 1. The highest BCUT2D eigenvalue weighted by molar-refractivity contribution is 9.10. The number of carbonyl (C=O) groups is 1. The molecule has 0 aliphatic carbocycles. The first kappa shape index (κ1) is 14.4. The third-order valence-electron chi connectivity index (χ3n) is 2.60. The van der Waals surface area contributed by atoms with Crippen molar-refractivity contribution in [3.05, 3.63) is 57.0 Å². The lowest BCUT2D eigenvalue weighted by Gasteiger charge is -2.08. The first-order valence-corrected chi connectivity index (χ1v) is 6.74. The molecule has 0 unspecified atom stereocenters. The number of hydrogen-bond acceptors (Lipinski definition) is 3. The average molecular weight is 351 g/mol. The average Bonchev–Trinajstić information content (AvgIpc) is 2.40. The van der Waals surface area contributed by atoms with Crippen molar-refractivity contribution in [2.24, 2.45) is 0 Å². The van der Waals surface area contributed by atoms with Gasteiger partial charge in [-0.05, 0) is 36.4 Å². The molecule has 0 fully saturated rings. The van der Waals surface area contributed by atoms with Gasteiger partial charge in [-0.3, -0.25) is 4.79 Å². The monoisotopic (exact) mass is 349 g/mol. The smallest absolute Gasteiger partial charge is 0.257 e.